The van der Waals surface area contributed by atoms with Gasteiger partial charge < -0.3 is 5.32 Å². The largest absolute Gasteiger partial charge is 0.349 e. The van der Waals surface area contributed by atoms with E-state index >= 15 is 0 Å². The molecule has 0 spiro atoms. The lowest BCUT2D eigenvalue weighted by atomic mass is 10.0. The summed E-state index contributed by atoms with van der Waals surface area (Å²) in [5.74, 6) is -0.122. The van der Waals surface area contributed by atoms with Gasteiger partial charge in [-0.1, -0.05) is 35.0 Å². The number of hydrogen-bond donors (Lipinski definition) is 3. The van der Waals surface area contributed by atoms with Crippen molar-refractivity contribution in [2.75, 3.05) is 0 Å². The highest BCUT2D eigenvalue weighted by molar-refractivity contribution is 9.10. The first-order valence-corrected chi connectivity index (χ1v) is 8.42. The van der Waals surface area contributed by atoms with Gasteiger partial charge in [0.1, 0.15) is 5.69 Å². The van der Waals surface area contributed by atoms with Crippen LogP contribution < -0.4 is 10.9 Å². The summed E-state index contributed by atoms with van der Waals surface area (Å²) < 4.78 is 1.17. The van der Waals surface area contributed by atoms with Gasteiger partial charge in [0.2, 0.25) is 5.91 Å². The Morgan fingerprint density at radius 3 is 2.70 bits per heavy atom. The highest BCUT2D eigenvalue weighted by Gasteiger charge is 2.13. The molecule has 0 saturated carbocycles. The first kappa shape index (κ1) is 17.6. The molecule has 6 nitrogen and oxygen atoms in total. The Hall–Kier alpha value is -1.80. The van der Waals surface area contributed by atoms with Crippen LogP contribution in [0.5, 0.6) is 0 Å². The molecular formula is C15H17BrN4O2S. The van der Waals surface area contributed by atoms with Gasteiger partial charge in [-0.05, 0) is 36.3 Å². The molecule has 8 heteroatoms. The Labute approximate surface area is 146 Å². The molecule has 122 valence electrons. The van der Waals surface area contributed by atoms with Gasteiger partial charge in [0.15, 0.2) is 4.77 Å². The Balaban J connectivity index is 1.96. The van der Waals surface area contributed by atoms with Gasteiger partial charge in [-0.25, -0.2) is 0 Å². The minimum atomic E-state index is -0.360. The van der Waals surface area contributed by atoms with Crippen molar-refractivity contribution >= 4 is 34.1 Å². The molecule has 0 fully saturated rings. The van der Waals surface area contributed by atoms with Crippen LogP contribution in [0.3, 0.4) is 0 Å². The first-order valence-electron chi connectivity index (χ1n) is 7.22. The van der Waals surface area contributed by atoms with Gasteiger partial charge in [0.25, 0.3) is 5.56 Å². The fraction of sp³-hybridized carbons (Fsp3) is 0.333. The normalized spacial score (nSPS) is 11.9. The van der Waals surface area contributed by atoms with Crippen LogP contribution in [-0.4, -0.2) is 21.1 Å². The molecule has 0 aliphatic rings. The second-order valence-electron chi connectivity index (χ2n) is 5.03. The Kier molecular flexibility index (Phi) is 6.23. The summed E-state index contributed by atoms with van der Waals surface area (Å²) in [4.78, 5) is 26.2. The zero-order chi connectivity index (χ0) is 16.8. The zero-order valence-electron chi connectivity index (χ0n) is 12.6. The number of carbonyl (C=O) groups excluding carboxylic acids is 1. The molecule has 0 bridgehead atoms. The van der Waals surface area contributed by atoms with E-state index in [1.165, 1.54) is 0 Å². The molecule has 0 radical (unpaired) electrons. The summed E-state index contributed by atoms with van der Waals surface area (Å²) in [5, 5.41) is 9.36. The molecule has 3 N–H and O–H groups in total. The lowest BCUT2D eigenvalue weighted by Gasteiger charge is -2.17. The summed E-state index contributed by atoms with van der Waals surface area (Å²) in [6, 6.07) is 7.78. The van der Waals surface area contributed by atoms with Crippen molar-refractivity contribution in [3.05, 3.63) is 55.1 Å². The van der Waals surface area contributed by atoms with E-state index in [0.29, 0.717) is 0 Å². The summed E-state index contributed by atoms with van der Waals surface area (Å²) in [6.45, 7) is 2.01. The number of H-pyrrole nitrogens is 2. The molecule has 0 unspecified atom stereocenters. The molecule has 0 aliphatic carbocycles. The quantitative estimate of drug-likeness (QED) is 0.654. The number of amides is 1. The van der Waals surface area contributed by atoms with Crippen molar-refractivity contribution < 1.29 is 4.79 Å². The van der Waals surface area contributed by atoms with Crippen molar-refractivity contribution in [1.82, 2.24) is 20.5 Å². The van der Waals surface area contributed by atoms with E-state index in [1.807, 2.05) is 31.2 Å². The maximum atomic E-state index is 12.1. The molecule has 1 heterocycles. The number of nitrogens with zero attached hydrogens (tertiary/aromatic N) is 1. The van der Waals surface area contributed by atoms with E-state index < -0.39 is 0 Å². The van der Waals surface area contributed by atoms with Gasteiger partial charge in [-0.3, -0.25) is 19.7 Å². The van der Waals surface area contributed by atoms with Gasteiger partial charge in [0, 0.05) is 17.3 Å². The Morgan fingerprint density at radius 1 is 1.39 bits per heavy atom. The van der Waals surface area contributed by atoms with Crippen molar-refractivity contribution in [3.8, 4) is 0 Å². The highest BCUT2D eigenvalue weighted by Crippen LogP contribution is 2.19. The fourth-order valence-corrected chi connectivity index (χ4v) is 2.56. The van der Waals surface area contributed by atoms with Gasteiger partial charge in [-0.15, -0.1) is 0 Å². The number of nitrogens with one attached hydrogen (secondary N) is 3. The Bertz CT molecular complexity index is 785. The number of benzene rings is 1. The predicted octanol–water partition coefficient (Wildman–Crippen LogP) is 2.79. The minimum Gasteiger partial charge on any atom is -0.349 e. The zero-order valence-corrected chi connectivity index (χ0v) is 15.0. The maximum Gasteiger partial charge on any atom is 0.273 e. The standard InChI is InChI=1S/C15H17BrN4O2S/c1-2-11(9-3-5-10(16)6-4-9)17-13(21)8-7-12-14(22)18-15(23)20-19-12/h3-6,11H,2,7-8H2,1H3,(H,17,21)(H2,18,20,22,23)/t11-/m0/s1. The number of aromatic amines is 2. The van der Waals surface area contributed by atoms with E-state index in [1.54, 1.807) is 0 Å². The van der Waals surface area contributed by atoms with E-state index in [2.05, 4.69) is 36.4 Å². The second kappa shape index (κ2) is 8.16. The molecular weight excluding hydrogens is 380 g/mol. The van der Waals surface area contributed by atoms with E-state index in [4.69, 9.17) is 12.2 Å². The molecule has 0 saturated heterocycles. The van der Waals surface area contributed by atoms with Crippen molar-refractivity contribution in [2.24, 2.45) is 0 Å². The molecule has 23 heavy (non-hydrogen) atoms. The summed E-state index contributed by atoms with van der Waals surface area (Å²) in [5.41, 5.74) is 0.954. The first-order chi connectivity index (χ1) is 11.0. The third-order valence-corrected chi connectivity index (χ3v) is 4.11. The number of aryl methyl sites for hydroxylation is 1. The lowest BCUT2D eigenvalue weighted by molar-refractivity contribution is -0.121. The summed E-state index contributed by atoms with van der Waals surface area (Å²) in [7, 11) is 0. The lowest BCUT2D eigenvalue weighted by Crippen LogP contribution is -2.29. The second-order valence-corrected chi connectivity index (χ2v) is 6.36. The smallest absolute Gasteiger partial charge is 0.273 e. The third kappa shape index (κ3) is 5.11. The predicted molar refractivity (Wildman–Crippen MR) is 93.7 cm³/mol. The summed E-state index contributed by atoms with van der Waals surface area (Å²) in [6.07, 6.45) is 1.22. The molecule has 1 amide bonds. The van der Waals surface area contributed by atoms with Crippen LogP contribution in [0.2, 0.25) is 0 Å². The summed E-state index contributed by atoms with van der Waals surface area (Å²) >= 11 is 8.17. The fourth-order valence-electron chi connectivity index (χ4n) is 2.16. The van der Waals surface area contributed by atoms with Crippen LogP contribution in [0.15, 0.2) is 33.5 Å². The molecule has 2 aromatic rings. The minimum absolute atomic E-state index is 0.0524. The van der Waals surface area contributed by atoms with Crippen molar-refractivity contribution in [2.45, 2.75) is 32.2 Å². The van der Waals surface area contributed by atoms with E-state index in [-0.39, 0.29) is 40.8 Å². The van der Waals surface area contributed by atoms with Gasteiger partial charge >= 0.3 is 0 Å². The van der Waals surface area contributed by atoms with Crippen molar-refractivity contribution in [1.29, 1.82) is 0 Å². The van der Waals surface area contributed by atoms with Gasteiger partial charge in [0.05, 0.1) is 6.04 Å². The number of aromatic nitrogens is 3. The van der Waals surface area contributed by atoms with Crippen LogP contribution in [0.1, 0.15) is 37.1 Å². The number of rotatable bonds is 6. The number of halogens is 1. The van der Waals surface area contributed by atoms with Crippen LogP contribution in [0.25, 0.3) is 0 Å². The molecule has 0 aliphatic heterocycles. The van der Waals surface area contributed by atoms with Crippen molar-refractivity contribution in [3.63, 3.8) is 0 Å². The maximum absolute atomic E-state index is 12.1. The SMILES string of the molecule is CC[C@H](NC(=O)CCc1n[nH]c(=S)[nH]c1=O)c1ccc(Br)cc1. The van der Waals surface area contributed by atoms with Crippen LogP contribution in [-0.2, 0) is 11.2 Å². The third-order valence-electron chi connectivity index (χ3n) is 3.39. The van der Waals surface area contributed by atoms with Crippen LogP contribution >= 0.6 is 28.1 Å². The topological polar surface area (TPSA) is 90.6 Å². The van der Waals surface area contributed by atoms with Gasteiger partial charge in [-0.2, -0.15) is 5.10 Å². The Morgan fingerprint density at radius 2 is 2.09 bits per heavy atom. The molecule has 1 aromatic heterocycles. The van der Waals surface area contributed by atoms with Crippen LogP contribution in [0.4, 0.5) is 0 Å². The molecule has 2 rings (SSSR count). The highest BCUT2D eigenvalue weighted by atomic mass is 79.9. The average Bonchev–Trinajstić information content (AvgIpc) is 2.52. The number of hydrogen-bond acceptors (Lipinski definition) is 4. The van der Waals surface area contributed by atoms with E-state index in [0.717, 1.165) is 16.5 Å². The molecule has 1 atom stereocenters. The van der Waals surface area contributed by atoms with E-state index in [9.17, 15) is 9.59 Å². The number of carbonyl (C=O) groups is 1. The van der Waals surface area contributed by atoms with Crippen LogP contribution in [0, 0.1) is 4.77 Å². The average molecular weight is 397 g/mol. The molecule has 1 aromatic carbocycles. The monoisotopic (exact) mass is 396 g/mol.